The van der Waals surface area contributed by atoms with E-state index in [2.05, 4.69) is 34.1 Å². The van der Waals surface area contributed by atoms with E-state index < -0.39 is 0 Å². The van der Waals surface area contributed by atoms with Crippen molar-refractivity contribution in [3.05, 3.63) is 79.2 Å². The molecule has 48 heavy (non-hydrogen) atoms. The lowest BCUT2D eigenvalue weighted by Gasteiger charge is -2.25. The number of pyridine rings is 1. The Morgan fingerprint density at radius 1 is 0.667 bits per heavy atom. The smallest absolute Gasteiger partial charge is 0.253 e. The zero-order chi connectivity index (χ0) is 33.6. The van der Waals surface area contributed by atoms with Crippen LogP contribution < -0.4 is 15.0 Å². The van der Waals surface area contributed by atoms with Crippen molar-refractivity contribution in [2.75, 3.05) is 13.2 Å². The highest BCUT2D eigenvalue weighted by molar-refractivity contribution is 9.10. The molecule has 0 saturated heterocycles. The van der Waals surface area contributed by atoms with Gasteiger partial charge in [-0.2, -0.15) is 0 Å². The fourth-order valence-electron chi connectivity index (χ4n) is 7.92. The predicted molar refractivity (Wildman–Crippen MR) is 194 cm³/mol. The monoisotopic (exact) mass is 715 g/mol. The first-order valence-electron chi connectivity index (χ1n) is 18.2. The minimum Gasteiger partial charge on any atom is -0.493 e. The number of nitrogens with zero attached hydrogens (tertiary/aromatic N) is 1. The molecule has 0 aliphatic heterocycles. The molecule has 0 radical (unpaired) electrons. The molecule has 2 aromatic carbocycles. The van der Waals surface area contributed by atoms with Gasteiger partial charge in [0.05, 0.1) is 13.2 Å². The number of carbonyl (C=O) groups excluding carboxylic acids is 2. The summed E-state index contributed by atoms with van der Waals surface area (Å²) in [5.41, 5.74) is 7.52. The van der Waals surface area contributed by atoms with Crippen molar-refractivity contribution < 1.29 is 19.1 Å². The lowest BCUT2D eigenvalue weighted by atomic mass is 9.87. The van der Waals surface area contributed by atoms with Crippen LogP contribution in [0.25, 0.3) is 11.1 Å². The van der Waals surface area contributed by atoms with Crippen LogP contribution >= 0.6 is 15.9 Å². The minimum atomic E-state index is 0.0288. The zero-order valence-electron chi connectivity index (χ0n) is 28.7. The average molecular weight is 717 g/mol. The van der Waals surface area contributed by atoms with Crippen molar-refractivity contribution in [2.24, 2.45) is 18.9 Å². The first kappa shape index (κ1) is 34.7. The quantitative estimate of drug-likeness (QED) is 0.244. The van der Waals surface area contributed by atoms with Crippen LogP contribution in [0.15, 0.2) is 45.8 Å². The average Bonchev–Trinajstić information content (AvgIpc) is 3.09. The highest BCUT2D eigenvalue weighted by atomic mass is 79.9. The largest absolute Gasteiger partial charge is 0.493 e. The van der Waals surface area contributed by atoms with Crippen molar-refractivity contribution in [3.8, 4) is 22.6 Å². The van der Waals surface area contributed by atoms with Gasteiger partial charge in [-0.25, -0.2) is 0 Å². The second kappa shape index (κ2) is 16.0. The number of aryl methyl sites for hydroxylation is 4. The third-order valence-electron chi connectivity index (χ3n) is 10.8. The first-order chi connectivity index (χ1) is 23.2. The number of fused-ring (bicyclic) bond motifs is 2. The van der Waals surface area contributed by atoms with Crippen LogP contribution in [0.2, 0.25) is 0 Å². The maximum Gasteiger partial charge on any atom is 0.253 e. The number of hydrogen-bond acceptors (Lipinski definition) is 5. The predicted octanol–water partition coefficient (Wildman–Crippen LogP) is 8.84. The summed E-state index contributed by atoms with van der Waals surface area (Å²) < 4.78 is 15.1. The molecule has 4 aliphatic carbocycles. The van der Waals surface area contributed by atoms with Crippen LogP contribution in [0.4, 0.5) is 0 Å². The summed E-state index contributed by atoms with van der Waals surface area (Å²) in [6.07, 6.45) is 18.8. The highest BCUT2D eigenvalue weighted by Crippen LogP contribution is 2.36. The zero-order valence-corrected chi connectivity index (χ0v) is 30.3. The van der Waals surface area contributed by atoms with E-state index in [0.29, 0.717) is 49.1 Å². The Labute approximate surface area is 293 Å². The molecule has 256 valence electrons. The molecule has 6 nitrogen and oxygen atoms in total. The maximum atomic E-state index is 12.1. The summed E-state index contributed by atoms with van der Waals surface area (Å²) >= 11 is 3.56. The number of carbonyl (C=O) groups is 2. The van der Waals surface area contributed by atoms with E-state index in [4.69, 9.17) is 9.47 Å². The Hall–Kier alpha value is -3.19. The standard InChI is InChI=1S/C24H29NO3.C17H21BrO2/c1-16-10-20(14-25(2)24(16)27)19-11-18-8-9-21(26)13-22(18)23(12-19)28-15-17-6-4-3-5-7-17;18-14-8-13-6-7-15(19)10-16(13)17(9-14)20-11-12-4-2-1-3-5-12/h10-12,14,17H,3-9,13,15H2,1-2H3;8-9,12H,1-7,10-11H2. The second-order valence-electron chi connectivity index (χ2n) is 14.5. The van der Waals surface area contributed by atoms with Gasteiger partial charge in [-0.15, -0.1) is 0 Å². The van der Waals surface area contributed by atoms with Gasteiger partial charge in [0.25, 0.3) is 5.56 Å². The number of Topliss-reactive ketones (excluding diaryl/α,β-unsaturated/α-hetero) is 2. The van der Waals surface area contributed by atoms with E-state index in [9.17, 15) is 14.4 Å². The van der Waals surface area contributed by atoms with E-state index >= 15 is 0 Å². The maximum absolute atomic E-state index is 12.1. The van der Waals surface area contributed by atoms with Gasteiger partial charge < -0.3 is 14.0 Å². The van der Waals surface area contributed by atoms with Crippen molar-refractivity contribution in [3.63, 3.8) is 0 Å². The number of halogens is 1. The number of rotatable bonds is 7. The number of benzene rings is 2. The summed E-state index contributed by atoms with van der Waals surface area (Å²) in [7, 11) is 1.79. The molecule has 7 heteroatoms. The molecule has 0 spiro atoms. The van der Waals surface area contributed by atoms with Crippen molar-refractivity contribution >= 4 is 27.5 Å². The molecule has 3 aromatic rings. The molecule has 4 aliphatic rings. The summed E-state index contributed by atoms with van der Waals surface area (Å²) in [5, 5.41) is 0. The van der Waals surface area contributed by atoms with Gasteiger partial charge in [0.15, 0.2) is 0 Å². The van der Waals surface area contributed by atoms with E-state index in [1.807, 2.05) is 25.3 Å². The molecule has 7 rings (SSSR count). The highest BCUT2D eigenvalue weighted by Gasteiger charge is 2.24. The Kier molecular flexibility index (Phi) is 11.6. The topological polar surface area (TPSA) is 74.6 Å². The number of aromatic nitrogens is 1. The van der Waals surface area contributed by atoms with E-state index in [1.54, 1.807) is 11.6 Å². The van der Waals surface area contributed by atoms with Crippen LogP contribution in [0.3, 0.4) is 0 Å². The number of hydrogen-bond donors (Lipinski definition) is 0. The van der Waals surface area contributed by atoms with Crippen LogP contribution in [-0.4, -0.2) is 29.3 Å². The molecule has 1 aromatic heterocycles. The van der Waals surface area contributed by atoms with E-state index in [1.165, 1.54) is 75.3 Å². The van der Waals surface area contributed by atoms with Crippen molar-refractivity contribution in [2.45, 2.75) is 110 Å². The van der Waals surface area contributed by atoms with Gasteiger partial charge >= 0.3 is 0 Å². The van der Waals surface area contributed by atoms with Crippen molar-refractivity contribution in [1.29, 1.82) is 0 Å². The van der Waals surface area contributed by atoms with Gasteiger partial charge in [-0.05, 0) is 104 Å². The molecule has 0 unspecified atom stereocenters. The fourth-order valence-corrected chi connectivity index (χ4v) is 8.40. The van der Waals surface area contributed by atoms with Gasteiger partial charge in [-0.3, -0.25) is 14.4 Å². The Balaban J connectivity index is 0.000000177. The van der Waals surface area contributed by atoms with Gasteiger partial charge in [0.2, 0.25) is 0 Å². The molecular weight excluding hydrogens is 666 g/mol. The molecule has 0 N–H and O–H groups in total. The molecule has 2 fully saturated rings. The van der Waals surface area contributed by atoms with Crippen LogP contribution in [0, 0.1) is 18.8 Å². The summed E-state index contributed by atoms with van der Waals surface area (Å²) in [4.78, 5) is 35.8. The van der Waals surface area contributed by atoms with E-state index in [0.717, 1.165) is 69.8 Å². The fraction of sp³-hybridized carbons (Fsp3) is 0.537. The SMILES string of the molecule is Cc1cc(-c2cc3c(c(OCC4CCCCC4)c2)CC(=O)CC3)cn(C)c1=O.O=C1CCc2cc(Br)cc(OCC3CCCCC3)c2C1. The summed E-state index contributed by atoms with van der Waals surface area (Å²) in [6, 6.07) is 10.4. The van der Waals surface area contributed by atoms with Gasteiger partial charge in [-0.1, -0.05) is 60.5 Å². The van der Waals surface area contributed by atoms with Gasteiger partial charge in [0.1, 0.15) is 23.1 Å². The molecule has 1 heterocycles. The Morgan fingerprint density at radius 3 is 1.73 bits per heavy atom. The lowest BCUT2D eigenvalue weighted by Crippen LogP contribution is -2.19. The van der Waals surface area contributed by atoms with Crippen molar-refractivity contribution in [1.82, 2.24) is 4.57 Å². The van der Waals surface area contributed by atoms with Crippen LogP contribution in [-0.2, 0) is 42.3 Å². The minimum absolute atomic E-state index is 0.0288. The van der Waals surface area contributed by atoms with Gasteiger partial charge in [0, 0.05) is 60.1 Å². The first-order valence-corrected chi connectivity index (χ1v) is 19.0. The molecule has 2 saturated carbocycles. The number of ketones is 2. The van der Waals surface area contributed by atoms with E-state index in [-0.39, 0.29) is 5.56 Å². The van der Waals surface area contributed by atoms with Crippen LogP contribution in [0.1, 0.15) is 105 Å². The normalized spacial score (nSPS) is 18.4. The number of ether oxygens (including phenoxy) is 2. The Bertz CT molecular complexity index is 1670. The summed E-state index contributed by atoms with van der Waals surface area (Å²) in [6.45, 7) is 3.39. The Morgan fingerprint density at radius 2 is 1.19 bits per heavy atom. The molecule has 0 amide bonds. The molecular formula is C41H50BrNO5. The third kappa shape index (κ3) is 8.69. The molecule has 0 bridgehead atoms. The summed E-state index contributed by atoms with van der Waals surface area (Å²) in [5.74, 6) is 3.72. The second-order valence-corrected chi connectivity index (χ2v) is 15.5. The lowest BCUT2D eigenvalue weighted by molar-refractivity contribution is -0.119. The molecule has 0 atom stereocenters. The van der Waals surface area contributed by atoms with Crippen LogP contribution in [0.5, 0.6) is 11.5 Å². The third-order valence-corrected chi connectivity index (χ3v) is 11.2.